The molecule has 0 saturated heterocycles. The number of halogens is 4. The van der Waals surface area contributed by atoms with Crippen LogP contribution in [0.25, 0.3) is 33.4 Å². The maximum absolute atomic E-state index is 14.4. The summed E-state index contributed by atoms with van der Waals surface area (Å²) in [4.78, 5) is 24.4. The standard InChI is InChI=1S/C31H22F4N2O9S/c1-36(2)14-5-8-18-21(11-14)45-22-12-15(37(3)4)6-9-19(22)23(18)17-10-7-16(13-20(17)30(38)39)44-31(40)46-28-24(32)26(34)29(47(41,42)43)27(35)25(28)33/h5-13H,1-4H3,(H-,38,39,41,42,43)/p+1. The fourth-order valence-electron chi connectivity index (χ4n) is 4.80. The molecular formula is C31H23F4N2O9S+. The van der Waals surface area contributed by atoms with Gasteiger partial charge in [0.05, 0.1) is 11.6 Å². The average molecular weight is 676 g/mol. The van der Waals surface area contributed by atoms with Crippen LogP contribution in [0.4, 0.5) is 28.0 Å². The van der Waals surface area contributed by atoms with Crippen LogP contribution in [0.2, 0.25) is 0 Å². The Morgan fingerprint density at radius 2 is 1.49 bits per heavy atom. The molecule has 1 heterocycles. The number of carbonyl (C=O) groups is 2. The van der Waals surface area contributed by atoms with Crippen LogP contribution in [-0.2, 0) is 10.1 Å². The van der Waals surface area contributed by atoms with Gasteiger partial charge in [-0.3, -0.25) is 4.55 Å². The number of carboxylic acid groups (broad SMARTS) is 1. The minimum atomic E-state index is -5.75. The zero-order valence-electron chi connectivity index (χ0n) is 24.8. The van der Waals surface area contributed by atoms with Gasteiger partial charge in [-0.05, 0) is 42.0 Å². The Labute approximate surface area is 263 Å². The number of anilines is 1. The maximum atomic E-state index is 14.4. The molecule has 0 radical (unpaired) electrons. The summed E-state index contributed by atoms with van der Waals surface area (Å²) < 4.78 is 105. The smallest absolute Gasteiger partial charge is 0.478 e. The first-order chi connectivity index (χ1) is 22.0. The highest BCUT2D eigenvalue weighted by molar-refractivity contribution is 7.85. The number of ether oxygens (including phenoxy) is 2. The molecule has 3 aromatic rings. The van der Waals surface area contributed by atoms with Crippen molar-refractivity contribution in [2.45, 2.75) is 4.90 Å². The third-order valence-electron chi connectivity index (χ3n) is 7.04. The SMILES string of the molecule is CN(C)c1ccc2c(-c3ccc(OC(=O)Oc4c(F)c(F)c(S(=O)(=O)O)c(F)c4F)cc3C(=O)O)c3ccc(=[N+](C)C)cc-3oc2c1. The first kappa shape index (κ1) is 32.9. The molecule has 5 rings (SSSR count). The number of hydrogen-bond donors (Lipinski definition) is 2. The fourth-order valence-corrected chi connectivity index (χ4v) is 5.44. The Morgan fingerprint density at radius 3 is 2.06 bits per heavy atom. The molecule has 0 spiro atoms. The number of nitrogens with zero attached hydrogens (tertiary/aromatic N) is 2. The van der Waals surface area contributed by atoms with Crippen LogP contribution in [0.3, 0.4) is 0 Å². The molecule has 244 valence electrons. The first-order valence-corrected chi connectivity index (χ1v) is 14.7. The Balaban J connectivity index is 1.61. The Hall–Kier alpha value is -5.48. The van der Waals surface area contributed by atoms with E-state index in [4.69, 9.17) is 13.7 Å². The minimum Gasteiger partial charge on any atom is -0.478 e. The van der Waals surface area contributed by atoms with Gasteiger partial charge in [0.15, 0.2) is 16.5 Å². The van der Waals surface area contributed by atoms with Gasteiger partial charge in [0.25, 0.3) is 0 Å². The van der Waals surface area contributed by atoms with Gasteiger partial charge in [-0.15, -0.1) is 0 Å². The number of fused-ring (bicyclic) bond motifs is 2. The van der Waals surface area contributed by atoms with Crippen LogP contribution in [-0.4, -0.2) is 58.4 Å². The summed E-state index contributed by atoms with van der Waals surface area (Å²) in [7, 11) is 1.60. The molecular weight excluding hydrogens is 652 g/mol. The third kappa shape index (κ3) is 6.07. The van der Waals surface area contributed by atoms with E-state index in [2.05, 4.69) is 4.74 Å². The summed E-state index contributed by atoms with van der Waals surface area (Å²) in [5.41, 5.74) is 2.01. The average Bonchev–Trinajstić information content (AvgIpc) is 2.99. The van der Waals surface area contributed by atoms with Crippen molar-refractivity contribution in [2.75, 3.05) is 33.1 Å². The molecule has 0 amide bonds. The minimum absolute atomic E-state index is 0.168. The lowest BCUT2D eigenvalue weighted by atomic mass is 9.90. The summed E-state index contributed by atoms with van der Waals surface area (Å²) in [6.45, 7) is 0. The summed E-state index contributed by atoms with van der Waals surface area (Å²) in [5.74, 6) is -13.6. The zero-order valence-corrected chi connectivity index (χ0v) is 25.6. The molecule has 2 aliphatic rings. The van der Waals surface area contributed by atoms with Crippen molar-refractivity contribution in [3.63, 3.8) is 0 Å². The van der Waals surface area contributed by atoms with Crippen LogP contribution < -0.4 is 24.3 Å². The predicted octanol–water partition coefficient (Wildman–Crippen LogP) is 5.38. The molecule has 0 aromatic heterocycles. The van der Waals surface area contributed by atoms with E-state index in [0.29, 0.717) is 27.9 Å². The number of rotatable bonds is 6. The molecule has 1 aliphatic carbocycles. The van der Waals surface area contributed by atoms with Gasteiger partial charge >= 0.3 is 22.2 Å². The summed E-state index contributed by atoms with van der Waals surface area (Å²) in [6, 6.07) is 14.0. The van der Waals surface area contributed by atoms with Gasteiger partial charge in [-0.2, -0.15) is 17.2 Å². The van der Waals surface area contributed by atoms with E-state index < -0.39 is 61.9 Å². The molecule has 11 nitrogen and oxygen atoms in total. The van der Waals surface area contributed by atoms with Crippen LogP contribution >= 0.6 is 0 Å². The number of hydrogen-bond acceptors (Lipinski definition) is 8. The summed E-state index contributed by atoms with van der Waals surface area (Å²) in [6.07, 6.45) is -1.97. The third-order valence-corrected chi connectivity index (χ3v) is 7.91. The van der Waals surface area contributed by atoms with Crippen LogP contribution in [0, 0.1) is 23.3 Å². The highest BCUT2D eigenvalue weighted by Crippen LogP contribution is 2.43. The second kappa shape index (κ2) is 12.0. The molecule has 16 heteroatoms. The second-order valence-electron chi connectivity index (χ2n) is 10.5. The Bertz CT molecular complexity index is 2250. The second-order valence-corrected chi connectivity index (χ2v) is 11.8. The van der Waals surface area contributed by atoms with Crippen molar-refractivity contribution < 1.29 is 59.1 Å². The van der Waals surface area contributed by atoms with Crippen LogP contribution in [0.1, 0.15) is 10.4 Å². The number of carboxylic acids is 1. The number of carbonyl (C=O) groups excluding carboxylic acids is 1. The monoisotopic (exact) mass is 675 g/mol. The first-order valence-electron chi connectivity index (χ1n) is 13.3. The fraction of sp³-hybridized carbons (Fsp3) is 0.129. The lowest BCUT2D eigenvalue weighted by molar-refractivity contribution is 0.0696. The van der Waals surface area contributed by atoms with E-state index in [0.717, 1.165) is 23.2 Å². The van der Waals surface area contributed by atoms with E-state index in [-0.39, 0.29) is 11.1 Å². The van der Waals surface area contributed by atoms with Crippen molar-refractivity contribution in [1.29, 1.82) is 0 Å². The van der Waals surface area contributed by atoms with Gasteiger partial charge < -0.3 is 23.9 Å². The van der Waals surface area contributed by atoms with E-state index in [9.17, 15) is 40.7 Å². The van der Waals surface area contributed by atoms with E-state index in [1.165, 1.54) is 6.07 Å². The topological polar surface area (TPSA) is 147 Å². The van der Waals surface area contributed by atoms with Gasteiger partial charge in [0.1, 0.15) is 31.2 Å². The highest BCUT2D eigenvalue weighted by Gasteiger charge is 2.34. The molecule has 0 bridgehead atoms. The molecule has 1 aliphatic heterocycles. The van der Waals surface area contributed by atoms with E-state index in [1.54, 1.807) is 24.3 Å². The van der Waals surface area contributed by atoms with E-state index in [1.807, 2.05) is 49.8 Å². The van der Waals surface area contributed by atoms with Crippen molar-refractivity contribution >= 4 is 38.9 Å². The number of benzene rings is 4. The lowest BCUT2D eigenvalue weighted by Crippen LogP contribution is -2.21. The van der Waals surface area contributed by atoms with Gasteiger partial charge in [-0.25, -0.2) is 22.9 Å². The van der Waals surface area contributed by atoms with Crippen LogP contribution in [0.5, 0.6) is 11.5 Å². The van der Waals surface area contributed by atoms with Crippen molar-refractivity contribution in [3.8, 4) is 33.9 Å². The molecule has 0 unspecified atom stereocenters. The van der Waals surface area contributed by atoms with Crippen molar-refractivity contribution in [2.24, 2.45) is 0 Å². The van der Waals surface area contributed by atoms with Crippen LogP contribution in [0.15, 0.2) is 63.9 Å². The van der Waals surface area contributed by atoms with Crippen molar-refractivity contribution in [3.05, 3.63) is 88.8 Å². The molecule has 0 saturated carbocycles. The number of aromatic carboxylic acids is 1. The molecule has 47 heavy (non-hydrogen) atoms. The lowest BCUT2D eigenvalue weighted by Gasteiger charge is -2.19. The summed E-state index contributed by atoms with van der Waals surface area (Å²) in [5, 5.41) is 11.5. The normalized spacial score (nSPS) is 11.5. The molecule has 0 fully saturated rings. The van der Waals surface area contributed by atoms with Gasteiger partial charge in [0.2, 0.25) is 22.7 Å². The zero-order chi connectivity index (χ0) is 34.5. The highest BCUT2D eigenvalue weighted by atomic mass is 32.2. The Morgan fingerprint density at radius 1 is 0.851 bits per heavy atom. The van der Waals surface area contributed by atoms with E-state index >= 15 is 0 Å². The van der Waals surface area contributed by atoms with Gasteiger partial charge in [0, 0.05) is 48.4 Å². The van der Waals surface area contributed by atoms with Gasteiger partial charge in [-0.1, -0.05) is 0 Å². The molecule has 3 aromatic carbocycles. The molecule has 2 N–H and O–H groups in total. The maximum Gasteiger partial charge on any atom is 0.519 e. The predicted molar refractivity (Wildman–Crippen MR) is 159 cm³/mol. The Kier molecular flexibility index (Phi) is 8.42. The quantitative estimate of drug-likeness (QED) is 0.0458. The summed E-state index contributed by atoms with van der Waals surface area (Å²) >= 11 is 0. The largest absolute Gasteiger partial charge is 0.519 e. The molecule has 0 atom stereocenters. The van der Waals surface area contributed by atoms with Crippen molar-refractivity contribution in [1.82, 2.24) is 4.58 Å².